The number of hydrogen-bond donors (Lipinski definition) is 5. The lowest BCUT2D eigenvalue weighted by Crippen LogP contribution is -2.64. The van der Waals surface area contributed by atoms with E-state index in [0.717, 1.165) is 11.3 Å². The molecule has 8 heteroatoms. The first-order chi connectivity index (χ1) is 13.3. The van der Waals surface area contributed by atoms with E-state index in [0.29, 0.717) is 17.0 Å². The van der Waals surface area contributed by atoms with Crippen molar-refractivity contribution in [3.63, 3.8) is 0 Å². The van der Waals surface area contributed by atoms with Crippen molar-refractivity contribution in [3.8, 4) is 5.75 Å². The molecule has 5 atom stereocenters. The van der Waals surface area contributed by atoms with Gasteiger partial charge >= 0.3 is 0 Å². The molecule has 0 bridgehead atoms. The van der Waals surface area contributed by atoms with E-state index in [1.807, 2.05) is 24.3 Å². The number of hydrogen-bond acceptors (Lipinski definition) is 7. The highest BCUT2D eigenvalue weighted by Crippen LogP contribution is 2.37. The Labute approximate surface area is 167 Å². The number of aliphatic hydroxyl groups excluding tert-OH is 3. The van der Waals surface area contributed by atoms with Gasteiger partial charge in [-0.1, -0.05) is 29.8 Å². The molecular formula is C20H24ClNO6. The summed E-state index contributed by atoms with van der Waals surface area (Å²) in [5.41, 5.74) is 7.42. The number of rotatable bonds is 5. The summed E-state index contributed by atoms with van der Waals surface area (Å²) in [6.07, 6.45) is -5.36. The van der Waals surface area contributed by atoms with E-state index in [9.17, 15) is 20.4 Å². The van der Waals surface area contributed by atoms with Gasteiger partial charge in [-0.25, -0.2) is 0 Å². The SMILES string of the molecule is COc1ccc(Cc2cc([C@@]3(O)O[C@H](CN)[C@@H](O)[C@H](O)[C@H]3O)ccc2Cl)cc1. The van der Waals surface area contributed by atoms with Crippen LogP contribution in [0.15, 0.2) is 42.5 Å². The van der Waals surface area contributed by atoms with Crippen molar-refractivity contribution >= 4 is 11.6 Å². The number of benzene rings is 2. The summed E-state index contributed by atoms with van der Waals surface area (Å²) >= 11 is 6.31. The van der Waals surface area contributed by atoms with Crippen LogP contribution in [0.3, 0.4) is 0 Å². The molecule has 0 aliphatic carbocycles. The fraction of sp³-hybridized carbons (Fsp3) is 0.400. The molecule has 1 saturated heterocycles. The second kappa shape index (κ2) is 8.34. The standard InChI is InChI=1S/C20H24ClNO6/c1-27-14-5-2-11(3-6-14)8-12-9-13(4-7-15(12)21)20(26)19(25)18(24)17(23)16(10-22)28-20/h2-7,9,16-19,23-26H,8,10,22H2,1H3/t16-,17-,18+,19-,20-/m1/s1. The molecular weight excluding hydrogens is 386 g/mol. The van der Waals surface area contributed by atoms with E-state index in [-0.39, 0.29) is 12.1 Å². The molecule has 0 saturated carbocycles. The predicted molar refractivity (Wildman–Crippen MR) is 103 cm³/mol. The minimum atomic E-state index is -2.23. The van der Waals surface area contributed by atoms with E-state index < -0.39 is 30.2 Å². The summed E-state index contributed by atoms with van der Waals surface area (Å²) in [6, 6.07) is 12.1. The summed E-state index contributed by atoms with van der Waals surface area (Å²) in [5.74, 6) is -1.50. The van der Waals surface area contributed by atoms with Crippen LogP contribution in [0.2, 0.25) is 5.02 Å². The van der Waals surface area contributed by atoms with Crippen molar-refractivity contribution in [1.29, 1.82) is 0 Å². The van der Waals surface area contributed by atoms with Crippen molar-refractivity contribution in [2.75, 3.05) is 13.7 Å². The van der Waals surface area contributed by atoms with Gasteiger partial charge in [-0.15, -0.1) is 0 Å². The van der Waals surface area contributed by atoms with Crippen molar-refractivity contribution in [3.05, 3.63) is 64.2 Å². The zero-order valence-corrected chi connectivity index (χ0v) is 16.1. The molecule has 1 aliphatic rings. The number of nitrogens with two attached hydrogens (primary N) is 1. The van der Waals surface area contributed by atoms with Crippen molar-refractivity contribution < 1.29 is 29.9 Å². The number of ether oxygens (including phenoxy) is 2. The quantitative estimate of drug-likeness (QED) is 0.487. The van der Waals surface area contributed by atoms with Gasteiger partial charge in [0.1, 0.15) is 30.2 Å². The lowest BCUT2D eigenvalue weighted by atomic mass is 9.87. The Morgan fingerprint density at radius 1 is 1.11 bits per heavy atom. The van der Waals surface area contributed by atoms with E-state index in [1.54, 1.807) is 19.2 Å². The van der Waals surface area contributed by atoms with Crippen LogP contribution >= 0.6 is 11.6 Å². The van der Waals surface area contributed by atoms with E-state index in [2.05, 4.69) is 0 Å². The first-order valence-corrected chi connectivity index (χ1v) is 9.24. The van der Waals surface area contributed by atoms with Crippen LogP contribution in [0, 0.1) is 0 Å². The van der Waals surface area contributed by atoms with Crippen LogP contribution in [-0.2, 0) is 16.9 Å². The fourth-order valence-electron chi connectivity index (χ4n) is 3.33. The van der Waals surface area contributed by atoms with Gasteiger partial charge < -0.3 is 35.6 Å². The van der Waals surface area contributed by atoms with Crippen molar-refractivity contribution in [2.24, 2.45) is 5.73 Å². The smallest absolute Gasteiger partial charge is 0.222 e. The van der Waals surface area contributed by atoms with Gasteiger partial charge in [-0.05, 0) is 41.8 Å². The highest BCUT2D eigenvalue weighted by Gasteiger charge is 2.53. The molecule has 2 aromatic rings. The molecule has 1 heterocycles. The zero-order valence-electron chi connectivity index (χ0n) is 15.3. The molecule has 152 valence electrons. The summed E-state index contributed by atoms with van der Waals surface area (Å²) < 4.78 is 10.6. The van der Waals surface area contributed by atoms with Crippen LogP contribution in [0.4, 0.5) is 0 Å². The Balaban J connectivity index is 1.92. The molecule has 1 aliphatic heterocycles. The Kier molecular flexibility index (Phi) is 6.26. The maximum atomic E-state index is 11.0. The van der Waals surface area contributed by atoms with Gasteiger partial charge in [0.15, 0.2) is 0 Å². The van der Waals surface area contributed by atoms with Crippen molar-refractivity contribution in [1.82, 2.24) is 0 Å². The van der Waals surface area contributed by atoms with E-state index in [4.69, 9.17) is 26.8 Å². The average Bonchev–Trinajstić information content (AvgIpc) is 2.71. The normalized spacial score (nSPS) is 30.2. The van der Waals surface area contributed by atoms with Crippen LogP contribution in [0.5, 0.6) is 5.75 Å². The summed E-state index contributed by atoms with van der Waals surface area (Å²) in [7, 11) is 1.59. The lowest BCUT2D eigenvalue weighted by molar-refractivity contribution is -0.352. The number of methoxy groups -OCH3 is 1. The van der Waals surface area contributed by atoms with Crippen LogP contribution in [0.25, 0.3) is 0 Å². The van der Waals surface area contributed by atoms with Gasteiger partial charge in [0, 0.05) is 17.1 Å². The summed E-state index contributed by atoms with van der Waals surface area (Å²) in [5, 5.41) is 41.9. The molecule has 7 nitrogen and oxygen atoms in total. The Hall–Kier alpha value is -1.71. The maximum absolute atomic E-state index is 11.0. The van der Waals surface area contributed by atoms with Gasteiger partial charge in [0.2, 0.25) is 5.79 Å². The average molecular weight is 410 g/mol. The molecule has 2 aromatic carbocycles. The predicted octanol–water partition coefficient (Wildman–Crippen LogP) is 0.525. The Bertz CT molecular complexity index is 815. The third-order valence-corrected chi connectivity index (χ3v) is 5.40. The van der Waals surface area contributed by atoms with Crippen LogP contribution < -0.4 is 10.5 Å². The molecule has 28 heavy (non-hydrogen) atoms. The van der Waals surface area contributed by atoms with Gasteiger partial charge in [-0.2, -0.15) is 0 Å². The Morgan fingerprint density at radius 3 is 2.39 bits per heavy atom. The topological polar surface area (TPSA) is 125 Å². The first kappa shape index (κ1) is 21.0. The number of aliphatic hydroxyl groups is 4. The molecule has 0 unspecified atom stereocenters. The zero-order chi connectivity index (χ0) is 20.5. The van der Waals surface area contributed by atoms with Gasteiger partial charge in [0.05, 0.1) is 7.11 Å². The monoisotopic (exact) mass is 409 g/mol. The minimum absolute atomic E-state index is 0.139. The van der Waals surface area contributed by atoms with E-state index in [1.165, 1.54) is 6.07 Å². The third-order valence-electron chi connectivity index (χ3n) is 5.03. The minimum Gasteiger partial charge on any atom is -0.497 e. The van der Waals surface area contributed by atoms with Crippen molar-refractivity contribution in [2.45, 2.75) is 36.6 Å². The largest absolute Gasteiger partial charge is 0.497 e. The van der Waals surface area contributed by atoms with Gasteiger partial charge in [-0.3, -0.25) is 0 Å². The number of halogens is 1. The van der Waals surface area contributed by atoms with Gasteiger partial charge in [0.25, 0.3) is 0 Å². The van der Waals surface area contributed by atoms with E-state index >= 15 is 0 Å². The molecule has 3 rings (SSSR count). The Morgan fingerprint density at radius 2 is 1.79 bits per heavy atom. The second-order valence-electron chi connectivity index (χ2n) is 6.85. The highest BCUT2D eigenvalue weighted by atomic mass is 35.5. The molecule has 0 aromatic heterocycles. The summed E-state index contributed by atoms with van der Waals surface area (Å²) in [4.78, 5) is 0. The van der Waals surface area contributed by atoms with Crippen LogP contribution in [-0.4, -0.2) is 58.5 Å². The molecule has 0 radical (unpaired) electrons. The second-order valence-corrected chi connectivity index (χ2v) is 7.25. The summed E-state index contributed by atoms with van der Waals surface area (Å²) in [6.45, 7) is -0.139. The molecule has 1 fully saturated rings. The maximum Gasteiger partial charge on any atom is 0.222 e. The van der Waals surface area contributed by atoms with Crippen LogP contribution in [0.1, 0.15) is 16.7 Å². The highest BCUT2D eigenvalue weighted by molar-refractivity contribution is 6.31. The first-order valence-electron chi connectivity index (χ1n) is 8.86. The molecule has 0 spiro atoms. The lowest BCUT2D eigenvalue weighted by Gasteiger charge is -2.45. The molecule has 6 N–H and O–H groups in total. The fourth-order valence-corrected chi connectivity index (χ4v) is 3.52. The molecule has 0 amide bonds. The third kappa shape index (κ3) is 3.88.